The first-order valence-electron chi connectivity index (χ1n) is 7.96. The van der Waals surface area contributed by atoms with Crippen LogP contribution in [0.3, 0.4) is 0 Å². The summed E-state index contributed by atoms with van der Waals surface area (Å²) in [6.45, 7) is 1.58. The maximum absolute atomic E-state index is 12.1. The van der Waals surface area contributed by atoms with E-state index in [0.717, 1.165) is 0 Å². The third-order valence-electron chi connectivity index (χ3n) is 3.62. The van der Waals surface area contributed by atoms with E-state index in [9.17, 15) is 9.59 Å². The third kappa shape index (κ3) is 4.93. The minimum absolute atomic E-state index is 0.101. The molecular weight excluding hydrogens is 393 g/mol. The van der Waals surface area contributed by atoms with Gasteiger partial charge in [0.05, 0.1) is 5.02 Å². The number of hydrogen-bond acceptors (Lipinski definition) is 5. The number of halogens is 2. The Balaban J connectivity index is 1.57. The van der Waals surface area contributed by atoms with E-state index in [1.54, 1.807) is 36.4 Å². The van der Waals surface area contributed by atoms with Crippen molar-refractivity contribution in [1.82, 2.24) is 0 Å². The highest BCUT2D eigenvalue weighted by molar-refractivity contribution is 6.32. The molecule has 1 atom stereocenters. The first-order valence-corrected chi connectivity index (χ1v) is 8.72. The van der Waals surface area contributed by atoms with E-state index in [1.807, 2.05) is 0 Å². The summed E-state index contributed by atoms with van der Waals surface area (Å²) in [7, 11) is 0. The summed E-state index contributed by atoms with van der Waals surface area (Å²) in [4.78, 5) is 24.1. The predicted molar refractivity (Wildman–Crippen MR) is 102 cm³/mol. The quantitative estimate of drug-likeness (QED) is 0.590. The summed E-state index contributed by atoms with van der Waals surface area (Å²) >= 11 is 12.0. The van der Waals surface area contributed by atoms with Crippen molar-refractivity contribution in [2.75, 3.05) is 12.1 Å². The zero-order valence-electron chi connectivity index (χ0n) is 14.2. The Morgan fingerprint density at radius 3 is 2.81 bits per heavy atom. The second-order valence-electron chi connectivity index (χ2n) is 5.65. The number of rotatable bonds is 5. The summed E-state index contributed by atoms with van der Waals surface area (Å²) < 4.78 is 15.6. The van der Waals surface area contributed by atoms with Crippen molar-refractivity contribution in [3.05, 3.63) is 58.1 Å². The van der Waals surface area contributed by atoms with Gasteiger partial charge in [-0.1, -0.05) is 29.3 Å². The molecule has 0 bridgehead atoms. The fourth-order valence-electron chi connectivity index (χ4n) is 2.32. The minimum atomic E-state index is -0.985. The van der Waals surface area contributed by atoms with Crippen LogP contribution in [-0.2, 0) is 14.3 Å². The van der Waals surface area contributed by atoms with Crippen LogP contribution in [0.25, 0.3) is 6.08 Å². The number of anilines is 1. The summed E-state index contributed by atoms with van der Waals surface area (Å²) in [5, 5.41) is 3.50. The maximum atomic E-state index is 12.1. The van der Waals surface area contributed by atoms with Crippen LogP contribution < -0.4 is 14.8 Å². The Morgan fingerprint density at radius 2 is 2.04 bits per heavy atom. The molecule has 3 rings (SSSR count). The van der Waals surface area contributed by atoms with Gasteiger partial charge in [-0.15, -0.1) is 0 Å². The Bertz CT molecular complexity index is 913. The van der Waals surface area contributed by atoms with E-state index in [-0.39, 0.29) is 6.79 Å². The first kappa shape index (κ1) is 19.1. The van der Waals surface area contributed by atoms with Crippen LogP contribution >= 0.6 is 23.2 Å². The van der Waals surface area contributed by atoms with Crippen molar-refractivity contribution in [2.45, 2.75) is 13.0 Å². The summed E-state index contributed by atoms with van der Waals surface area (Å²) in [6.07, 6.45) is 1.73. The Morgan fingerprint density at radius 1 is 1.22 bits per heavy atom. The van der Waals surface area contributed by atoms with Gasteiger partial charge in [0.2, 0.25) is 6.79 Å². The van der Waals surface area contributed by atoms with E-state index in [1.165, 1.54) is 19.1 Å². The van der Waals surface area contributed by atoms with E-state index >= 15 is 0 Å². The molecule has 0 saturated heterocycles. The third-order valence-corrected chi connectivity index (χ3v) is 4.13. The zero-order valence-corrected chi connectivity index (χ0v) is 15.7. The lowest BCUT2D eigenvalue weighted by Gasteiger charge is -2.12. The van der Waals surface area contributed by atoms with Gasteiger partial charge in [-0.2, -0.15) is 0 Å². The highest BCUT2D eigenvalue weighted by Crippen LogP contribution is 2.40. The van der Waals surface area contributed by atoms with Crippen molar-refractivity contribution < 1.29 is 23.8 Å². The largest absolute Gasteiger partial charge is 0.454 e. The SMILES string of the molecule is C[C@H](OC(=O)/C=C/c1cc(Cl)c2c(c1)OCO2)C(=O)Nc1cccc(Cl)c1. The van der Waals surface area contributed by atoms with E-state index in [0.29, 0.717) is 32.8 Å². The molecule has 0 spiro atoms. The smallest absolute Gasteiger partial charge is 0.331 e. The second kappa shape index (κ2) is 8.33. The molecule has 0 aromatic heterocycles. The zero-order chi connectivity index (χ0) is 19.4. The minimum Gasteiger partial charge on any atom is -0.454 e. The number of hydrogen-bond donors (Lipinski definition) is 1. The average molecular weight is 408 g/mol. The standard InChI is InChI=1S/C19H15Cl2NO5/c1-11(19(24)22-14-4-2-3-13(20)9-14)27-17(23)6-5-12-7-15(21)18-16(8-12)25-10-26-18/h2-9,11H,10H2,1H3,(H,22,24)/b6-5+/t11-/m0/s1. The number of carbonyl (C=O) groups is 2. The van der Waals surface area contributed by atoms with Crippen LogP contribution in [0.2, 0.25) is 10.0 Å². The van der Waals surface area contributed by atoms with Gasteiger partial charge in [0.25, 0.3) is 5.91 Å². The number of amides is 1. The lowest BCUT2D eigenvalue weighted by Crippen LogP contribution is -2.29. The van der Waals surface area contributed by atoms with Crippen LogP contribution in [-0.4, -0.2) is 24.8 Å². The van der Waals surface area contributed by atoms with E-state index < -0.39 is 18.0 Å². The summed E-state index contributed by atoms with van der Waals surface area (Å²) in [5.41, 5.74) is 1.15. The van der Waals surface area contributed by atoms with Gasteiger partial charge in [-0.25, -0.2) is 4.79 Å². The van der Waals surface area contributed by atoms with Crippen LogP contribution in [0.15, 0.2) is 42.5 Å². The highest BCUT2D eigenvalue weighted by atomic mass is 35.5. The number of ether oxygens (including phenoxy) is 3. The Hall–Kier alpha value is -2.70. The molecule has 2 aromatic rings. The number of benzene rings is 2. The van der Waals surface area contributed by atoms with Crippen molar-refractivity contribution in [3.8, 4) is 11.5 Å². The van der Waals surface area contributed by atoms with Gasteiger partial charge < -0.3 is 19.5 Å². The second-order valence-corrected chi connectivity index (χ2v) is 6.49. The van der Waals surface area contributed by atoms with Crippen molar-refractivity contribution in [2.24, 2.45) is 0 Å². The van der Waals surface area contributed by atoms with Crippen LogP contribution in [0.1, 0.15) is 12.5 Å². The number of fused-ring (bicyclic) bond motifs is 1. The maximum Gasteiger partial charge on any atom is 0.331 e. The molecule has 27 heavy (non-hydrogen) atoms. The molecule has 6 nitrogen and oxygen atoms in total. The molecule has 1 aliphatic rings. The molecule has 140 valence electrons. The fourth-order valence-corrected chi connectivity index (χ4v) is 2.79. The van der Waals surface area contributed by atoms with E-state index in [2.05, 4.69) is 5.32 Å². The molecular formula is C19H15Cl2NO5. The summed E-state index contributed by atoms with van der Waals surface area (Å²) in [6, 6.07) is 9.99. The molecule has 0 unspecified atom stereocenters. The van der Waals surface area contributed by atoms with Crippen molar-refractivity contribution >= 4 is 46.8 Å². The lowest BCUT2D eigenvalue weighted by atomic mass is 10.2. The fraction of sp³-hybridized carbons (Fsp3) is 0.158. The van der Waals surface area contributed by atoms with Crippen molar-refractivity contribution in [3.63, 3.8) is 0 Å². The van der Waals surface area contributed by atoms with Gasteiger partial charge in [0, 0.05) is 16.8 Å². The van der Waals surface area contributed by atoms with Gasteiger partial charge in [0.15, 0.2) is 17.6 Å². The van der Waals surface area contributed by atoms with Crippen LogP contribution in [0.5, 0.6) is 11.5 Å². The number of nitrogens with one attached hydrogen (secondary N) is 1. The molecule has 1 N–H and O–H groups in total. The highest BCUT2D eigenvalue weighted by Gasteiger charge is 2.19. The molecule has 1 aliphatic heterocycles. The van der Waals surface area contributed by atoms with Crippen LogP contribution in [0.4, 0.5) is 5.69 Å². The molecule has 0 aliphatic carbocycles. The normalized spacial score (nSPS) is 13.4. The summed E-state index contributed by atoms with van der Waals surface area (Å²) in [5.74, 6) is -0.157. The van der Waals surface area contributed by atoms with Gasteiger partial charge in [-0.3, -0.25) is 4.79 Å². The molecule has 1 amide bonds. The number of carbonyl (C=O) groups excluding carboxylic acids is 2. The van der Waals surface area contributed by atoms with Gasteiger partial charge >= 0.3 is 5.97 Å². The van der Waals surface area contributed by atoms with E-state index in [4.69, 9.17) is 37.4 Å². The Kier molecular flexibility index (Phi) is 5.88. The molecule has 0 radical (unpaired) electrons. The van der Waals surface area contributed by atoms with Gasteiger partial charge in [0.1, 0.15) is 0 Å². The molecule has 1 heterocycles. The molecule has 0 saturated carbocycles. The molecule has 0 fully saturated rings. The molecule has 8 heteroatoms. The van der Waals surface area contributed by atoms with Crippen LogP contribution in [0, 0.1) is 0 Å². The van der Waals surface area contributed by atoms with Crippen molar-refractivity contribution in [1.29, 1.82) is 0 Å². The Labute approximate surface area is 165 Å². The average Bonchev–Trinajstić information content (AvgIpc) is 3.09. The first-order chi connectivity index (χ1) is 12.9. The topological polar surface area (TPSA) is 73.9 Å². The monoisotopic (exact) mass is 407 g/mol. The predicted octanol–water partition coefficient (Wildman–Crippen LogP) is 4.31. The van der Waals surface area contributed by atoms with Gasteiger partial charge in [-0.05, 0) is 48.9 Å². The molecule has 2 aromatic carbocycles. The number of esters is 1. The lowest BCUT2D eigenvalue weighted by molar-refractivity contribution is -0.148.